The molecule has 1 fully saturated rings. The van der Waals surface area contributed by atoms with E-state index in [1.54, 1.807) is 0 Å². The number of aryl methyl sites for hydroxylation is 2. The highest BCUT2D eigenvalue weighted by atomic mass is 16.7. The molecule has 1 aliphatic heterocycles. The van der Waals surface area contributed by atoms with Gasteiger partial charge in [0.15, 0.2) is 0 Å². The molecule has 1 aliphatic rings. The van der Waals surface area contributed by atoms with Gasteiger partial charge in [0, 0.05) is 17.4 Å². The highest BCUT2D eigenvalue weighted by molar-refractivity contribution is 6.63. The van der Waals surface area contributed by atoms with E-state index < -0.39 is 7.12 Å². The van der Waals surface area contributed by atoms with Crippen LogP contribution in [0.15, 0.2) is 18.5 Å². The molecular formula is C18H26BN3O2. The minimum atomic E-state index is -0.397. The lowest BCUT2D eigenvalue weighted by Gasteiger charge is -2.32. The lowest BCUT2D eigenvalue weighted by molar-refractivity contribution is 0.00578. The summed E-state index contributed by atoms with van der Waals surface area (Å²) in [4.78, 5) is 4.33. The second-order valence-corrected chi connectivity index (χ2v) is 7.49. The molecule has 6 heteroatoms. The molecule has 3 rings (SSSR count). The van der Waals surface area contributed by atoms with E-state index in [9.17, 15) is 0 Å². The summed E-state index contributed by atoms with van der Waals surface area (Å²) in [6.07, 6.45) is 4.68. The van der Waals surface area contributed by atoms with Crippen molar-refractivity contribution in [3.63, 3.8) is 0 Å². The van der Waals surface area contributed by atoms with Crippen LogP contribution < -0.4 is 5.46 Å². The number of rotatable bonds is 3. The second kappa shape index (κ2) is 5.71. The zero-order valence-electron chi connectivity index (χ0n) is 15.7. The smallest absolute Gasteiger partial charge is 0.399 e. The van der Waals surface area contributed by atoms with E-state index in [0.717, 1.165) is 29.0 Å². The molecule has 0 unspecified atom stereocenters. The van der Waals surface area contributed by atoms with Gasteiger partial charge in [0.2, 0.25) is 0 Å². The summed E-state index contributed by atoms with van der Waals surface area (Å²) in [6.45, 7) is 14.4. The van der Waals surface area contributed by atoms with Crippen molar-refractivity contribution in [3.05, 3.63) is 35.4 Å². The summed E-state index contributed by atoms with van der Waals surface area (Å²) in [5, 5.41) is 4.71. The number of nitrogens with zero attached hydrogens (tertiary/aromatic N) is 3. The van der Waals surface area contributed by atoms with Gasteiger partial charge in [-0.2, -0.15) is 5.10 Å². The van der Waals surface area contributed by atoms with Gasteiger partial charge < -0.3 is 9.31 Å². The molecule has 24 heavy (non-hydrogen) atoms. The van der Waals surface area contributed by atoms with Gasteiger partial charge in [-0.1, -0.05) is 6.92 Å². The monoisotopic (exact) mass is 327 g/mol. The van der Waals surface area contributed by atoms with Crippen LogP contribution in [0.5, 0.6) is 0 Å². The van der Waals surface area contributed by atoms with Gasteiger partial charge in [0.25, 0.3) is 0 Å². The molecule has 0 radical (unpaired) electrons. The maximum absolute atomic E-state index is 6.21. The molecule has 0 atom stereocenters. The number of pyridine rings is 1. The van der Waals surface area contributed by atoms with Crippen LogP contribution >= 0.6 is 0 Å². The quantitative estimate of drug-likeness (QED) is 0.814. The lowest BCUT2D eigenvalue weighted by atomic mass is 9.77. The molecular weight excluding hydrogens is 301 g/mol. The number of hydrogen-bond acceptors (Lipinski definition) is 4. The average molecular weight is 327 g/mol. The van der Waals surface area contributed by atoms with E-state index in [2.05, 4.69) is 52.6 Å². The molecule has 128 valence electrons. The van der Waals surface area contributed by atoms with E-state index in [-0.39, 0.29) is 11.2 Å². The molecule has 0 spiro atoms. The summed E-state index contributed by atoms with van der Waals surface area (Å²) < 4.78 is 14.4. The van der Waals surface area contributed by atoms with Crippen LogP contribution in [0.3, 0.4) is 0 Å². The van der Waals surface area contributed by atoms with Crippen LogP contribution in [0.4, 0.5) is 0 Å². The zero-order valence-corrected chi connectivity index (χ0v) is 15.7. The Morgan fingerprint density at radius 3 is 2.29 bits per heavy atom. The third-order valence-corrected chi connectivity index (χ3v) is 5.27. The molecule has 0 N–H and O–H groups in total. The second-order valence-electron chi connectivity index (χ2n) is 7.49. The minimum Gasteiger partial charge on any atom is -0.399 e. The molecule has 1 saturated heterocycles. The molecule has 0 aliphatic carbocycles. The first-order valence-corrected chi connectivity index (χ1v) is 8.52. The Balaban J connectivity index is 2.02. The van der Waals surface area contributed by atoms with Crippen molar-refractivity contribution < 1.29 is 9.31 Å². The Bertz CT molecular complexity index is 752. The van der Waals surface area contributed by atoms with Crippen molar-refractivity contribution in [2.75, 3.05) is 0 Å². The van der Waals surface area contributed by atoms with Crippen molar-refractivity contribution in [1.29, 1.82) is 0 Å². The fourth-order valence-electron chi connectivity index (χ4n) is 2.99. The summed E-state index contributed by atoms with van der Waals surface area (Å²) in [7, 11) is -0.397. The Labute approximate surface area is 144 Å². The van der Waals surface area contributed by atoms with Gasteiger partial charge in [-0.3, -0.25) is 4.98 Å². The Hall–Kier alpha value is -1.66. The number of aromatic nitrogens is 3. The van der Waals surface area contributed by atoms with Crippen LogP contribution in [0.1, 0.15) is 51.6 Å². The van der Waals surface area contributed by atoms with Gasteiger partial charge in [-0.25, -0.2) is 4.68 Å². The topological polar surface area (TPSA) is 49.2 Å². The van der Waals surface area contributed by atoms with Gasteiger partial charge in [0.1, 0.15) is 0 Å². The van der Waals surface area contributed by atoms with Gasteiger partial charge in [-0.15, -0.1) is 0 Å². The normalized spacial score (nSPS) is 19.0. The van der Waals surface area contributed by atoms with E-state index in [0.29, 0.717) is 0 Å². The predicted octanol–water partition coefficient (Wildman–Crippen LogP) is 2.75. The molecule has 0 bridgehead atoms. The van der Waals surface area contributed by atoms with Crippen LogP contribution in [0, 0.1) is 13.8 Å². The maximum atomic E-state index is 6.21. The maximum Gasteiger partial charge on any atom is 0.498 e. The van der Waals surface area contributed by atoms with Crippen molar-refractivity contribution >= 4 is 12.6 Å². The summed E-state index contributed by atoms with van der Waals surface area (Å²) in [5.74, 6) is 0. The highest BCUT2D eigenvalue weighted by Crippen LogP contribution is 2.37. The molecule has 0 amide bonds. The van der Waals surface area contributed by atoms with E-state index >= 15 is 0 Å². The van der Waals surface area contributed by atoms with Crippen LogP contribution in [-0.2, 0) is 15.7 Å². The van der Waals surface area contributed by atoms with Crippen molar-refractivity contribution in [3.8, 4) is 5.69 Å². The van der Waals surface area contributed by atoms with E-state index in [4.69, 9.17) is 14.4 Å². The van der Waals surface area contributed by atoms with Crippen molar-refractivity contribution in [1.82, 2.24) is 14.8 Å². The predicted molar refractivity (Wildman–Crippen MR) is 95.9 cm³/mol. The fourth-order valence-corrected chi connectivity index (χ4v) is 2.99. The summed E-state index contributed by atoms with van der Waals surface area (Å²) in [6, 6.07) is 2.13. The zero-order chi connectivity index (χ0) is 17.7. The van der Waals surface area contributed by atoms with E-state index in [1.165, 1.54) is 5.56 Å². The Morgan fingerprint density at radius 2 is 1.71 bits per heavy atom. The first kappa shape index (κ1) is 17.2. The highest BCUT2D eigenvalue weighted by Gasteiger charge is 2.53. The van der Waals surface area contributed by atoms with Crippen molar-refractivity contribution in [2.24, 2.45) is 0 Å². The molecule has 0 saturated carbocycles. The molecule has 3 heterocycles. The molecule has 2 aromatic rings. The van der Waals surface area contributed by atoms with Gasteiger partial charge in [-0.05, 0) is 59.6 Å². The standard InChI is InChI=1S/C18H26BN3O2/c1-8-14-9-15(11-20-10-14)22-13(3)16(12(2)21-22)19-23-17(4,5)18(6,7)24-19/h9-11H,8H2,1-7H3. The summed E-state index contributed by atoms with van der Waals surface area (Å²) in [5.41, 5.74) is 4.41. The van der Waals surface area contributed by atoms with Gasteiger partial charge >= 0.3 is 7.12 Å². The van der Waals surface area contributed by atoms with Crippen LogP contribution in [0.25, 0.3) is 5.69 Å². The first-order valence-electron chi connectivity index (χ1n) is 8.52. The summed E-state index contributed by atoms with van der Waals surface area (Å²) >= 11 is 0. The lowest BCUT2D eigenvalue weighted by Crippen LogP contribution is -2.41. The van der Waals surface area contributed by atoms with Gasteiger partial charge in [0.05, 0.1) is 28.8 Å². The average Bonchev–Trinajstić information content (AvgIpc) is 2.91. The largest absolute Gasteiger partial charge is 0.498 e. The minimum absolute atomic E-state index is 0.359. The molecule has 5 nitrogen and oxygen atoms in total. The SMILES string of the molecule is CCc1cncc(-n2nc(C)c(B3OC(C)(C)C(C)(C)O3)c2C)c1. The van der Waals surface area contributed by atoms with Crippen molar-refractivity contribution in [2.45, 2.75) is 66.1 Å². The van der Waals surface area contributed by atoms with Crippen LogP contribution in [-0.4, -0.2) is 33.1 Å². The Morgan fingerprint density at radius 1 is 1.08 bits per heavy atom. The molecule has 2 aromatic heterocycles. The molecule has 0 aromatic carbocycles. The third kappa shape index (κ3) is 2.68. The number of hydrogen-bond donors (Lipinski definition) is 0. The first-order chi connectivity index (χ1) is 11.2. The van der Waals surface area contributed by atoms with Crippen LogP contribution in [0.2, 0.25) is 0 Å². The van der Waals surface area contributed by atoms with E-state index in [1.807, 2.05) is 24.0 Å². The third-order valence-electron chi connectivity index (χ3n) is 5.27. The Kier molecular flexibility index (Phi) is 4.08. The fraction of sp³-hybridized carbons (Fsp3) is 0.556.